The standard InChI is InChI=1S/C31H44INO5/c1-7-8-9-21-10-14-24(15-11-21)37-26-17-12-22-18-23(13-16-25(22)27(26)32)31(19-35-30(5,6)36-20-31)33-28(34)38-29(2,3)4/h12-13,16-18,21,24H,7-11,14-15,19-20H2,1-6H3,(H,33,34)/t21-,24+. The quantitative estimate of drug-likeness (QED) is 0.311. The van der Waals surface area contributed by atoms with Gasteiger partial charge in [-0.2, -0.15) is 0 Å². The van der Waals surface area contributed by atoms with Gasteiger partial charge < -0.3 is 24.3 Å². The Bertz CT molecular complexity index is 1110. The second-order valence-corrected chi connectivity index (χ2v) is 13.5. The Balaban J connectivity index is 1.53. The highest BCUT2D eigenvalue weighted by molar-refractivity contribution is 14.1. The summed E-state index contributed by atoms with van der Waals surface area (Å²) < 4.78 is 25.3. The van der Waals surface area contributed by atoms with Gasteiger partial charge in [-0.15, -0.1) is 0 Å². The summed E-state index contributed by atoms with van der Waals surface area (Å²) in [5, 5.41) is 5.28. The van der Waals surface area contributed by atoms with E-state index in [4.69, 9.17) is 18.9 Å². The van der Waals surface area contributed by atoms with E-state index in [1.165, 1.54) is 32.1 Å². The van der Waals surface area contributed by atoms with Crippen molar-refractivity contribution in [1.29, 1.82) is 0 Å². The molecular formula is C31H44INO5. The van der Waals surface area contributed by atoms with Crippen molar-refractivity contribution < 1.29 is 23.7 Å². The molecule has 0 atom stereocenters. The Morgan fingerprint density at radius 1 is 1.08 bits per heavy atom. The molecule has 1 N–H and O–H groups in total. The van der Waals surface area contributed by atoms with Gasteiger partial charge >= 0.3 is 6.09 Å². The average Bonchev–Trinajstić information content (AvgIpc) is 2.85. The first-order chi connectivity index (χ1) is 17.9. The number of rotatable bonds is 7. The van der Waals surface area contributed by atoms with E-state index in [0.717, 1.165) is 44.4 Å². The minimum atomic E-state index is -0.858. The summed E-state index contributed by atoms with van der Waals surface area (Å²) in [6.45, 7) is 12.2. The van der Waals surface area contributed by atoms with Gasteiger partial charge in [-0.25, -0.2) is 4.79 Å². The van der Waals surface area contributed by atoms with E-state index in [1.54, 1.807) is 0 Å². The monoisotopic (exact) mass is 637 g/mol. The SMILES string of the molecule is CCCC[C@H]1CC[C@@H](Oc2ccc3cc(C4(NC(=O)OC(C)(C)C)COC(C)(C)OC4)ccc3c2I)CC1. The molecule has 0 unspecified atom stereocenters. The van der Waals surface area contributed by atoms with Crippen LogP contribution in [0.3, 0.4) is 0 Å². The minimum absolute atomic E-state index is 0.282. The van der Waals surface area contributed by atoms with Gasteiger partial charge in [0.1, 0.15) is 16.9 Å². The molecule has 0 bridgehead atoms. The molecule has 210 valence electrons. The number of carbonyl (C=O) groups is 1. The van der Waals surface area contributed by atoms with Crippen molar-refractivity contribution in [3.63, 3.8) is 0 Å². The number of ether oxygens (including phenoxy) is 4. The number of amides is 1. The van der Waals surface area contributed by atoms with Gasteiger partial charge in [-0.1, -0.05) is 44.4 Å². The molecular weight excluding hydrogens is 593 g/mol. The number of unbranched alkanes of at least 4 members (excludes halogenated alkanes) is 1. The van der Waals surface area contributed by atoms with Crippen LogP contribution in [0.5, 0.6) is 5.75 Å². The normalized spacial score (nSPS) is 23.1. The van der Waals surface area contributed by atoms with Crippen LogP contribution in [-0.2, 0) is 19.7 Å². The zero-order chi connectivity index (χ0) is 27.6. The summed E-state index contributed by atoms with van der Waals surface area (Å²) in [6, 6.07) is 10.5. The van der Waals surface area contributed by atoms with Gasteiger partial charge in [0.15, 0.2) is 5.79 Å². The lowest BCUT2D eigenvalue weighted by Crippen LogP contribution is -2.59. The summed E-state index contributed by atoms with van der Waals surface area (Å²) in [7, 11) is 0. The van der Waals surface area contributed by atoms with Gasteiger partial charge in [0.05, 0.1) is 22.9 Å². The van der Waals surface area contributed by atoms with E-state index in [1.807, 2.05) is 34.6 Å². The molecule has 1 amide bonds. The van der Waals surface area contributed by atoms with Crippen molar-refractivity contribution in [3.05, 3.63) is 39.5 Å². The Hall–Kier alpha value is -1.58. The van der Waals surface area contributed by atoms with Crippen LogP contribution in [0.4, 0.5) is 4.79 Å². The maximum Gasteiger partial charge on any atom is 0.408 e. The van der Waals surface area contributed by atoms with Crippen LogP contribution in [0.25, 0.3) is 10.8 Å². The second-order valence-electron chi connectivity index (χ2n) is 12.4. The fourth-order valence-electron chi connectivity index (χ4n) is 5.36. The van der Waals surface area contributed by atoms with Crippen LogP contribution in [0.1, 0.15) is 92.1 Å². The van der Waals surface area contributed by atoms with Crippen molar-refractivity contribution in [2.45, 2.75) is 110 Å². The third kappa shape index (κ3) is 7.33. The van der Waals surface area contributed by atoms with Gasteiger partial charge in [-0.05, 0) is 117 Å². The predicted molar refractivity (Wildman–Crippen MR) is 160 cm³/mol. The van der Waals surface area contributed by atoms with Crippen LogP contribution in [0.2, 0.25) is 0 Å². The number of benzene rings is 2. The maximum absolute atomic E-state index is 12.8. The highest BCUT2D eigenvalue weighted by Gasteiger charge is 2.43. The predicted octanol–water partition coefficient (Wildman–Crippen LogP) is 8.08. The van der Waals surface area contributed by atoms with Gasteiger partial charge in [0.25, 0.3) is 0 Å². The Labute approximate surface area is 241 Å². The molecule has 1 saturated heterocycles. The van der Waals surface area contributed by atoms with E-state index >= 15 is 0 Å². The summed E-state index contributed by atoms with van der Waals surface area (Å²) in [4.78, 5) is 12.8. The first-order valence-electron chi connectivity index (χ1n) is 14.1. The van der Waals surface area contributed by atoms with Crippen molar-refractivity contribution in [1.82, 2.24) is 5.32 Å². The van der Waals surface area contributed by atoms with Crippen molar-refractivity contribution in [3.8, 4) is 5.75 Å². The summed E-state index contributed by atoms with van der Waals surface area (Å²) in [5.41, 5.74) is -0.546. The molecule has 7 heteroatoms. The third-order valence-electron chi connectivity index (χ3n) is 7.60. The zero-order valence-electron chi connectivity index (χ0n) is 23.8. The first kappa shape index (κ1) is 29.4. The highest BCUT2D eigenvalue weighted by Crippen LogP contribution is 2.38. The molecule has 1 aliphatic carbocycles. The lowest BCUT2D eigenvalue weighted by Gasteiger charge is -2.44. The molecule has 0 aromatic heterocycles. The van der Waals surface area contributed by atoms with Crippen LogP contribution >= 0.6 is 22.6 Å². The van der Waals surface area contributed by atoms with E-state index < -0.39 is 23.0 Å². The van der Waals surface area contributed by atoms with Crippen LogP contribution in [0.15, 0.2) is 30.3 Å². The number of alkyl carbamates (subject to hydrolysis) is 1. The fourth-order valence-corrected chi connectivity index (χ4v) is 6.16. The molecule has 0 spiro atoms. The topological polar surface area (TPSA) is 66.0 Å². The summed E-state index contributed by atoms with van der Waals surface area (Å²) >= 11 is 2.40. The molecule has 0 radical (unpaired) electrons. The zero-order valence-corrected chi connectivity index (χ0v) is 26.0. The Morgan fingerprint density at radius 3 is 2.39 bits per heavy atom. The molecule has 1 saturated carbocycles. The van der Waals surface area contributed by atoms with Crippen LogP contribution < -0.4 is 10.1 Å². The molecule has 1 heterocycles. The summed E-state index contributed by atoms with van der Waals surface area (Å²) in [5.74, 6) is 1.10. The fraction of sp³-hybridized carbons (Fsp3) is 0.645. The van der Waals surface area contributed by atoms with E-state index in [2.05, 4.69) is 65.2 Å². The van der Waals surface area contributed by atoms with Crippen molar-refractivity contribution in [2.24, 2.45) is 5.92 Å². The largest absolute Gasteiger partial charge is 0.489 e. The molecule has 38 heavy (non-hydrogen) atoms. The molecule has 2 aromatic carbocycles. The van der Waals surface area contributed by atoms with Crippen LogP contribution in [0, 0.1) is 9.49 Å². The van der Waals surface area contributed by atoms with Crippen molar-refractivity contribution >= 4 is 39.5 Å². The summed E-state index contributed by atoms with van der Waals surface area (Å²) in [6.07, 6.45) is 8.59. The number of carbonyl (C=O) groups excluding carboxylic acids is 1. The molecule has 2 aromatic rings. The lowest BCUT2D eigenvalue weighted by atomic mass is 9.84. The number of fused-ring (bicyclic) bond motifs is 1. The van der Waals surface area contributed by atoms with Crippen molar-refractivity contribution in [2.75, 3.05) is 13.2 Å². The maximum atomic E-state index is 12.8. The van der Waals surface area contributed by atoms with Gasteiger partial charge in [0.2, 0.25) is 0 Å². The number of hydrogen-bond donors (Lipinski definition) is 1. The van der Waals surface area contributed by atoms with E-state index in [-0.39, 0.29) is 13.2 Å². The number of nitrogens with one attached hydrogen (secondary N) is 1. The molecule has 6 nitrogen and oxygen atoms in total. The molecule has 2 fully saturated rings. The Morgan fingerprint density at radius 2 is 1.76 bits per heavy atom. The van der Waals surface area contributed by atoms with Gasteiger partial charge in [0, 0.05) is 0 Å². The highest BCUT2D eigenvalue weighted by atomic mass is 127. The Kier molecular flexibility index (Phi) is 9.20. The lowest BCUT2D eigenvalue weighted by molar-refractivity contribution is -0.272. The molecule has 2 aliphatic rings. The molecule has 4 rings (SSSR count). The average molecular weight is 638 g/mol. The molecule has 1 aliphatic heterocycles. The van der Waals surface area contributed by atoms with E-state index in [9.17, 15) is 4.79 Å². The first-order valence-corrected chi connectivity index (χ1v) is 15.2. The third-order valence-corrected chi connectivity index (χ3v) is 8.71. The second kappa shape index (κ2) is 11.9. The van der Waals surface area contributed by atoms with Crippen LogP contribution in [-0.4, -0.2) is 36.8 Å². The minimum Gasteiger partial charge on any atom is -0.489 e. The number of halogens is 1. The van der Waals surface area contributed by atoms with Gasteiger partial charge in [-0.3, -0.25) is 0 Å². The smallest absolute Gasteiger partial charge is 0.408 e. The van der Waals surface area contributed by atoms with E-state index in [0.29, 0.717) is 6.10 Å². The number of hydrogen-bond acceptors (Lipinski definition) is 5.